The minimum Gasteiger partial charge on any atom is -0.291 e. The van der Waals surface area contributed by atoms with E-state index in [2.05, 4.69) is 10.5 Å². The van der Waals surface area contributed by atoms with Crippen LogP contribution in [0.1, 0.15) is 0 Å². The van der Waals surface area contributed by atoms with Crippen molar-refractivity contribution in [2.24, 2.45) is 5.10 Å². The van der Waals surface area contributed by atoms with E-state index >= 15 is 0 Å². The molecule has 76 valence electrons. The molecule has 0 bridgehead atoms. The molecule has 1 N–H and O–H groups in total. The van der Waals surface area contributed by atoms with E-state index in [1.165, 1.54) is 0 Å². The third-order valence-electron chi connectivity index (χ3n) is 1.86. The minimum absolute atomic E-state index is 0.00357. The lowest BCUT2D eigenvalue weighted by Gasteiger charge is -1.98. The average Bonchev–Trinajstić information content (AvgIpc) is 2.58. The summed E-state index contributed by atoms with van der Waals surface area (Å²) in [6.45, 7) is 0. The van der Waals surface area contributed by atoms with E-state index in [9.17, 15) is 9.59 Å². The largest absolute Gasteiger partial charge is 0.291 e. The first-order valence-electron chi connectivity index (χ1n) is 4.36. The number of Topliss-reactive ketones (excluding diaryl/α,β-unsaturated/α-hetero) is 1. The van der Waals surface area contributed by atoms with E-state index in [1.807, 2.05) is 18.2 Å². The number of anilines is 1. The highest BCUT2D eigenvalue weighted by molar-refractivity contribution is 8.17. The summed E-state index contributed by atoms with van der Waals surface area (Å²) in [6.07, 6.45) is 0. The highest BCUT2D eigenvalue weighted by atomic mass is 32.2. The van der Waals surface area contributed by atoms with Gasteiger partial charge in [0.05, 0.1) is 11.4 Å². The molecule has 0 spiro atoms. The first kappa shape index (κ1) is 9.92. The summed E-state index contributed by atoms with van der Waals surface area (Å²) in [7, 11) is 0. The normalized spacial score (nSPS) is 18.5. The lowest BCUT2D eigenvalue weighted by atomic mass is 10.3. The molecule has 4 nitrogen and oxygen atoms in total. The molecule has 0 atom stereocenters. The predicted octanol–water partition coefficient (Wildman–Crippen LogP) is 1.30. The fourth-order valence-corrected chi connectivity index (χ4v) is 1.82. The Morgan fingerprint density at radius 1 is 1.20 bits per heavy atom. The second-order valence-corrected chi connectivity index (χ2v) is 3.89. The third kappa shape index (κ3) is 2.24. The molecule has 15 heavy (non-hydrogen) atoms. The first-order valence-corrected chi connectivity index (χ1v) is 5.35. The van der Waals surface area contributed by atoms with Gasteiger partial charge in [-0.1, -0.05) is 30.0 Å². The zero-order valence-electron chi connectivity index (χ0n) is 7.77. The first-order chi connectivity index (χ1) is 7.27. The molecule has 0 aliphatic carbocycles. The molecular weight excluding hydrogens is 212 g/mol. The summed E-state index contributed by atoms with van der Waals surface area (Å²) in [5.41, 5.74) is 3.44. The number of nitrogens with one attached hydrogen (secondary N) is 1. The summed E-state index contributed by atoms with van der Waals surface area (Å²) in [5.74, 6) is -0.0119. The van der Waals surface area contributed by atoms with E-state index in [4.69, 9.17) is 0 Å². The van der Waals surface area contributed by atoms with Gasteiger partial charge >= 0.3 is 0 Å². The van der Waals surface area contributed by atoms with Crippen molar-refractivity contribution in [2.45, 2.75) is 0 Å². The molecular formula is C10H8N2O2S. The Hall–Kier alpha value is -1.62. The van der Waals surface area contributed by atoms with Crippen LogP contribution in [0.4, 0.5) is 5.69 Å². The van der Waals surface area contributed by atoms with Crippen LogP contribution >= 0.6 is 11.8 Å². The quantitative estimate of drug-likeness (QED) is 0.763. The molecule has 5 heteroatoms. The van der Waals surface area contributed by atoms with Gasteiger partial charge in [0.2, 0.25) is 5.12 Å². The minimum atomic E-state index is -0.261. The molecule has 0 aromatic heterocycles. The maximum atomic E-state index is 11.2. The molecule has 1 aromatic rings. The highest BCUT2D eigenvalue weighted by Gasteiger charge is 2.29. The number of benzene rings is 1. The Morgan fingerprint density at radius 2 is 1.93 bits per heavy atom. The van der Waals surface area contributed by atoms with Gasteiger partial charge in [-0.05, 0) is 12.1 Å². The summed E-state index contributed by atoms with van der Waals surface area (Å²) >= 11 is 0.989. The number of hydrogen-bond donors (Lipinski definition) is 1. The second-order valence-electron chi connectivity index (χ2n) is 2.94. The number of ketones is 1. The van der Waals surface area contributed by atoms with Gasteiger partial charge in [0.1, 0.15) is 0 Å². The van der Waals surface area contributed by atoms with Crippen LogP contribution in [-0.2, 0) is 9.59 Å². The Morgan fingerprint density at radius 3 is 2.53 bits per heavy atom. The fraction of sp³-hybridized carbons (Fsp3) is 0.100. The number of nitrogens with zero attached hydrogens (tertiary/aromatic N) is 1. The molecule has 2 rings (SSSR count). The van der Waals surface area contributed by atoms with Gasteiger partial charge in [-0.2, -0.15) is 5.10 Å². The average molecular weight is 220 g/mol. The maximum absolute atomic E-state index is 11.2. The van der Waals surface area contributed by atoms with Gasteiger partial charge in [-0.15, -0.1) is 0 Å². The van der Waals surface area contributed by atoms with Crippen LogP contribution in [0.15, 0.2) is 35.4 Å². The van der Waals surface area contributed by atoms with Gasteiger partial charge < -0.3 is 0 Å². The van der Waals surface area contributed by atoms with Crippen molar-refractivity contribution in [2.75, 3.05) is 11.2 Å². The van der Waals surface area contributed by atoms with Crippen molar-refractivity contribution >= 4 is 34.1 Å². The third-order valence-corrected chi connectivity index (χ3v) is 2.72. The van der Waals surface area contributed by atoms with Gasteiger partial charge in [0.25, 0.3) is 0 Å². The molecule has 1 heterocycles. The van der Waals surface area contributed by atoms with E-state index in [0.29, 0.717) is 0 Å². The Balaban J connectivity index is 2.12. The highest BCUT2D eigenvalue weighted by Crippen LogP contribution is 2.14. The number of carbonyl (C=O) groups excluding carboxylic acids is 2. The van der Waals surface area contributed by atoms with Crippen molar-refractivity contribution in [1.29, 1.82) is 0 Å². The van der Waals surface area contributed by atoms with Crippen molar-refractivity contribution in [3.63, 3.8) is 0 Å². The Labute approximate surface area is 90.7 Å². The van der Waals surface area contributed by atoms with E-state index in [-0.39, 0.29) is 22.4 Å². The molecule has 1 aliphatic rings. The molecule has 1 saturated heterocycles. The second kappa shape index (κ2) is 4.27. The molecule has 0 amide bonds. The lowest BCUT2D eigenvalue weighted by molar-refractivity contribution is -0.111. The smallest absolute Gasteiger partial charge is 0.243 e. The summed E-state index contributed by atoms with van der Waals surface area (Å²) in [6, 6.07) is 9.17. The summed E-state index contributed by atoms with van der Waals surface area (Å²) < 4.78 is 0. The Bertz CT molecular complexity index is 410. The number of thioether (sulfide) groups is 1. The zero-order valence-corrected chi connectivity index (χ0v) is 8.58. The van der Waals surface area contributed by atoms with Crippen molar-refractivity contribution in [3.05, 3.63) is 30.3 Å². The topological polar surface area (TPSA) is 58.5 Å². The monoisotopic (exact) mass is 220 g/mol. The van der Waals surface area contributed by atoms with Gasteiger partial charge in [-0.3, -0.25) is 15.0 Å². The van der Waals surface area contributed by atoms with Crippen molar-refractivity contribution in [3.8, 4) is 0 Å². The number of hydrazone groups is 1. The van der Waals surface area contributed by atoms with Crippen molar-refractivity contribution < 1.29 is 9.59 Å². The summed E-state index contributed by atoms with van der Waals surface area (Å²) in [5, 5.41) is 3.54. The number of carbonyl (C=O) groups is 2. The zero-order chi connectivity index (χ0) is 10.7. The van der Waals surface area contributed by atoms with Crippen LogP contribution < -0.4 is 5.43 Å². The summed E-state index contributed by atoms with van der Waals surface area (Å²) in [4.78, 5) is 22.4. The van der Waals surface area contributed by atoms with Crippen LogP contribution in [-0.4, -0.2) is 22.4 Å². The lowest BCUT2D eigenvalue weighted by Crippen LogP contribution is -2.15. The van der Waals surface area contributed by atoms with Crippen LogP contribution in [0, 0.1) is 0 Å². The predicted molar refractivity (Wildman–Crippen MR) is 60.0 cm³/mol. The number of rotatable bonds is 2. The molecule has 0 unspecified atom stereocenters. The van der Waals surface area contributed by atoms with Crippen LogP contribution in [0.2, 0.25) is 0 Å². The molecule has 0 radical (unpaired) electrons. The molecule has 1 fully saturated rings. The SMILES string of the molecule is O=C1CSC(=O)C1=NNc1ccccc1. The van der Waals surface area contributed by atoms with Crippen LogP contribution in [0.3, 0.4) is 0 Å². The number of para-hydroxylation sites is 1. The van der Waals surface area contributed by atoms with Crippen LogP contribution in [0.25, 0.3) is 0 Å². The maximum Gasteiger partial charge on any atom is 0.243 e. The van der Waals surface area contributed by atoms with Crippen molar-refractivity contribution in [1.82, 2.24) is 0 Å². The van der Waals surface area contributed by atoms with Gasteiger partial charge in [0.15, 0.2) is 11.5 Å². The van der Waals surface area contributed by atoms with Gasteiger partial charge in [-0.25, -0.2) is 0 Å². The van der Waals surface area contributed by atoms with E-state index < -0.39 is 0 Å². The number of hydrogen-bond acceptors (Lipinski definition) is 5. The van der Waals surface area contributed by atoms with E-state index in [0.717, 1.165) is 17.4 Å². The van der Waals surface area contributed by atoms with Crippen LogP contribution in [0.5, 0.6) is 0 Å². The molecule has 1 aromatic carbocycles. The fourth-order valence-electron chi connectivity index (χ4n) is 1.12. The molecule has 1 aliphatic heterocycles. The standard InChI is InChI=1S/C10H8N2O2S/c13-8-6-15-10(14)9(8)12-11-7-4-2-1-3-5-7/h1-5,11H,6H2. The Kier molecular flexibility index (Phi) is 2.82. The van der Waals surface area contributed by atoms with Gasteiger partial charge in [0, 0.05) is 0 Å². The molecule has 0 saturated carbocycles. The van der Waals surface area contributed by atoms with E-state index in [1.54, 1.807) is 12.1 Å².